The fourth-order valence-corrected chi connectivity index (χ4v) is 3.53. The molecule has 0 bridgehead atoms. The van der Waals surface area contributed by atoms with E-state index in [-0.39, 0.29) is 5.91 Å². The normalized spacial score (nSPS) is 14.1. The zero-order valence-electron chi connectivity index (χ0n) is 17.4. The van der Waals surface area contributed by atoms with Gasteiger partial charge in [0.15, 0.2) is 5.82 Å². The third kappa shape index (κ3) is 4.68. The Kier molecular flexibility index (Phi) is 6.08. The molecule has 9 nitrogen and oxygen atoms in total. The number of morpholine rings is 1. The van der Waals surface area contributed by atoms with Gasteiger partial charge in [0.05, 0.1) is 18.9 Å². The van der Waals surface area contributed by atoms with Crippen LogP contribution in [0.4, 0.5) is 5.95 Å². The van der Waals surface area contributed by atoms with Crippen molar-refractivity contribution >= 4 is 11.9 Å². The van der Waals surface area contributed by atoms with Gasteiger partial charge in [0.1, 0.15) is 0 Å². The van der Waals surface area contributed by atoms with Gasteiger partial charge >= 0.3 is 0 Å². The van der Waals surface area contributed by atoms with Gasteiger partial charge in [-0.3, -0.25) is 14.6 Å². The Morgan fingerprint density at radius 1 is 1.23 bits per heavy atom. The fraction of sp³-hybridized carbons (Fsp3) is 0.429. The van der Waals surface area contributed by atoms with Gasteiger partial charge in [-0.1, -0.05) is 12.1 Å². The van der Waals surface area contributed by atoms with E-state index in [4.69, 9.17) is 4.74 Å². The summed E-state index contributed by atoms with van der Waals surface area (Å²) in [5, 5.41) is 14.7. The molecule has 0 radical (unpaired) electrons. The number of aryl methyl sites for hydroxylation is 3. The van der Waals surface area contributed by atoms with Crippen LogP contribution in [0.1, 0.15) is 28.2 Å². The van der Waals surface area contributed by atoms with Gasteiger partial charge in [-0.25, -0.2) is 0 Å². The molecule has 4 rings (SSSR count). The van der Waals surface area contributed by atoms with Crippen LogP contribution in [0.25, 0.3) is 11.4 Å². The van der Waals surface area contributed by atoms with Crippen LogP contribution >= 0.6 is 0 Å². The highest BCUT2D eigenvalue weighted by atomic mass is 16.5. The lowest BCUT2D eigenvalue weighted by Crippen LogP contribution is -2.36. The molecular weight excluding hydrogens is 382 g/mol. The molecule has 0 spiro atoms. The van der Waals surface area contributed by atoms with Crippen LogP contribution in [0.5, 0.6) is 0 Å². The Balaban J connectivity index is 1.34. The van der Waals surface area contributed by atoms with Crippen LogP contribution in [0.2, 0.25) is 0 Å². The Bertz CT molecular complexity index is 1000. The van der Waals surface area contributed by atoms with E-state index in [9.17, 15) is 4.79 Å². The van der Waals surface area contributed by atoms with E-state index in [1.165, 1.54) is 0 Å². The second-order valence-corrected chi connectivity index (χ2v) is 7.42. The van der Waals surface area contributed by atoms with Crippen molar-refractivity contribution in [1.29, 1.82) is 0 Å². The number of aromatic nitrogens is 5. The van der Waals surface area contributed by atoms with Crippen LogP contribution in [0.3, 0.4) is 0 Å². The number of carbonyl (C=O) groups is 1. The summed E-state index contributed by atoms with van der Waals surface area (Å²) >= 11 is 0. The zero-order chi connectivity index (χ0) is 20.9. The van der Waals surface area contributed by atoms with Gasteiger partial charge in [0.2, 0.25) is 5.95 Å². The molecule has 0 atom stereocenters. The molecule has 2 aromatic heterocycles. The van der Waals surface area contributed by atoms with Gasteiger partial charge < -0.3 is 15.0 Å². The van der Waals surface area contributed by atoms with Crippen molar-refractivity contribution < 1.29 is 9.53 Å². The van der Waals surface area contributed by atoms with Crippen LogP contribution in [-0.4, -0.2) is 63.7 Å². The number of benzene rings is 1. The lowest BCUT2D eigenvalue weighted by Gasteiger charge is -2.25. The Morgan fingerprint density at radius 2 is 2.07 bits per heavy atom. The lowest BCUT2D eigenvalue weighted by molar-refractivity contribution is 0.0952. The minimum Gasteiger partial charge on any atom is -0.378 e. The van der Waals surface area contributed by atoms with Crippen molar-refractivity contribution in [2.24, 2.45) is 0 Å². The predicted molar refractivity (Wildman–Crippen MR) is 114 cm³/mol. The van der Waals surface area contributed by atoms with Crippen LogP contribution in [-0.2, 0) is 11.3 Å². The first kappa shape index (κ1) is 20.1. The third-order valence-corrected chi connectivity index (χ3v) is 5.10. The summed E-state index contributed by atoms with van der Waals surface area (Å²) in [6, 6.07) is 9.47. The lowest BCUT2D eigenvalue weighted by atomic mass is 10.1. The number of rotatable bonds is 7. The molecule has 0 saturated carbocycles. The summed E-state index contributed by atoms with van der Waals surface area (Å²) < 4.78 is 7.34. The van der Waals surface area contributed by atoms with Crippen molar-refractivity contribution in [3.63, 3.8) is 0 Å². The van der Waals surface area contributed by atoms with E-state index in [2.05, 4.69) is 36.6 Å². The summed E-state index contributed by atoms with van der Waals surface area (Å²) in [6.45, 7) is 8.30. The van der Waals surface area contributed by atoms with Crippen LogP contribution in [0, 0.1) is 13.8 Å². The number of hydrogen-bond acceptors (Lipinski definition) is 6. The van der Waals surface area contributed by atoms with Crippen LogP contribution < -0.4 is 10.2 Å². The molecular formula is C21H27N7O2. The highest BCUT2D eigenvalue weighted by Gasteiger charge is 2.16. The van der Waals surface area contributed by atoms with Gasteiger partial charge in [-0.2, -0.15) is 10.1 Å². The van der Waals surface area contributed by atoms with Crippen molar-refractivity contribution in [1.82, 2.24) is 30.3 Å². The number of nitrogens with one attached hydrogen (secondary N) is 2. The SMILES string of the molecule is Cc1cc(C)n(CCCNC(=O)c2cccc(-c3nc(N4CCOCC4)n[nH]3)c2)n1. The smallest absolute Gasteiger partial charge is 0.251 e. The summed E-state index contributed by atoms with van der Waals surface area (Å²) in [5.74, 6) is 1.21. The molecule has 1 aliphatic rings. The van der Waals surface area contributed by atoms with Gasteiger partial charge in [0, 0.05) is 43.0 Å². The number of nitrogens with zero attached hydrogens (tertiary/aromatic N) is 5. The molecule has 0 unspecified atom stereocenters. The predicted octanol–water partition coefficient (Wildman–Crippen LogP) is 1.94. The molecule has 0 aliphatic carbocycles. The largest absolute Gasteiger partial charge is 0.378 e. The molecule has 30 heavy (non-hydrogen) atoms. The summed E-state index contributed by atoms with van der Waals surface area (Å²) in [4.78, 5) is 19.2. The third-order valence-electron chi connectivity index (χ3n) is 5.10. The summed E-state index contributed by atoms with van der Waals surface area (Å²) in [7, 11) is 0. The second-order valence-electron chi connectivity index (χ2n) is 7.42. The Morgan fingerprint density at radius 3 is 2.83 bits per heavy atom. The molecule has 9 heteroatoms. The van der Waals surface area contributed by atoms with Gasteiger partial charge in [-0.05, 0) is 38.5 Å². The molecule has 3 heterocycles. The molecule has 1 amide bonds. The number of amides is 1. The van der Waals surface area contributed by atoms with E-state index < -0.39 is 0 Å². The maximum Gasteiger partial charge on any atom is 0.251 e. The van der Waals surface area contributed by atoms with E-state index in [1.54, 1.807) is 6.07 Å². The minimum atomic E-state index is -0.0989. The van der Waals surface area contributed by atoms with E-state index in [0.717, 1.165) is 43.0 Å². The maximum atomic E-state index is 12.6. The van der Waals surface area contributed by atoms with Crippen molar-refractivity contribution in [2.75, 3.05) is 37.7 Å². The summed E-state index contributed by atoms with van der Waals surface area (Å²) in [6.07, 6.45) is 0.818. The molecule has 1 aliphatic heterocycles. The standard InChI is InChI=1S/C21H27N7O2/c1-15-13-16(2)28(26-15)8-4-7-22-20(29)18-6-3-5-17(14-18)19-23-21(25-24-19)27-9-11-30-12-10-27/h3,5-6,13-14H,4,7-12H2,1-2H3,(H,22,29)(H,23,24,25). The average molecular weight is 409 g/mol. The topological polar surface area (TPSA) is 101 Å². The molecule has 1 saturated heterocycles. The van der Waals surface area contributed by atoms with Crippen molar-refractivity contribution in [3.05, 3.63) is 47.3 Å². The van der Waals surface area contributed by atoms with E-state index >= 15 is 0 Å². The second kappa shape index (κ2) is 9.08. The minimum absolute atomic E-state index is 0.0989. The average Bonchev–Trinajstić information content (AvgIpc) is 3.38. The highest BCUT2D eigenvalue weighted by molar-refractivity contribution is 5.95. The maximum absolute atomic E-state index is 12.6. The Labute approximate surface area is 175 Å². The first-order valence-electron chi connectivity index (χ1n) is 10.2. The highest BCUT2D eigenvalue weighted by Crippen LogP contribution is 2.19. The van der Waals surface area contributed by atoms with Gasteiger partial charge in [0.25, 0.3) is 5.91 Å². The molecule has 158 valence electrons. The first-order chi connectivity index (χ1) is 14.6. The molecule has 3 aromatic rings. The van der Waals surface area contributed by atoms with Gasteiger partial charge in [-0.15, -0.1) is 5.10 Å². The number of hydrogen-bond donors (Lipinski definition) is 2. The first-order valence-corrected chi connectivity index (χ1v) is 10.2. The quantitative estimate of drug-likeness (QED) is 0.579. The zero-order valence-corrected chi connectivity index (χ0v) is 17.4. The number of carbonyl (C=O) groups excluding carboxylic acids is 1. The molecule has 1 aromatic carbocycles. The monoisotopic (exact) mass is 409 g/mol. The van der Waals surface area contributed by atoms with Crippen molar-refractivity contribution in [3.8, 4) is 11.4 Å². The number of H-pyrrole nitrogens is 1. The number of aromatic amines is 1. The van der Waals surface area contributed by atoms with E-state index in [0.29, 0.717) is 37.1 Å². The number of ether oxygens (including phenoxy) is 1. The van der Waals surface area contributed by atoms with Crippen LogP contribution in [0.15, 0.2) is 30.3 Å². The molecule has 1 fully saturated rings. The summed E-state index contributed by atoms with van der Waals surface area (Å²) in [5.41, 5.74) is 3.58. The number of anilines is 1. The van der Waals surface area contributed by atoms with E-state index in [1.807, 2.05) is 36.7 Å². The molecule has 2 N–H and O–H groups in total. The fourth-order valence-electron chi connectivity index (χ4n) is 3.53. The Hall–Kier alpha value is -3.20. The van der Waals surface area contributed by atoms with Crippen molar-refractivity contribution in [2.45, 2.75) is 26.8 Å².